The third-order valence-corrected chi connectivity index (χ3v) is 4.78. The predicted molar refractivity (Wildman–Crippen MR) is 92.9 cm³/mol. The van der Waals surface area contributed by atoms with Crippen molar-refractivity contribution in [1.82, 2.24) is 5.32 Å². The number of hydrogen-bond acceptors (Lipinski definition) is 4. The van der Waals surface area contributed by atoms with Crippen LogP contribution in [0.5, 0.6) is 5.75 Å². The third kappa shape index (κ3) is 4.59. The average Bonchev–Trinajstić information content (AvgIpc) is 2.81. The zero-order valence-electron chi connectivity index (χ0n) is 14.8. The normalized spacial score (nSPS) is 16.6. The van der Waals surface area contributed by atoms with E-state index in [4.69, 9.17) is 4.74 Å². The summed E-state index contributed by atoms with van der Waals surface area (Å²) >= 11 is 0. The summed E-state index contributed by atoms with van der Waals surface area (Å²) in [7, 11) is 1.49. The first kappa shape index (κ1) is 19.0. The Balaban J connectivity index is 2.19. The number of ketones is 1. The molecule has 1 saturated carbocycles. The third-order valence-electron chi connectivity index (χ3n) is 4.78. The molecule has 25 heavy (non-hydrogen) atoms. The van der Waals surface area contributed by atoms with Gasteiger partial charge < -0.3 is 15.2 Å². The van der Waals surface area contributed by atoms with E-state index in [1.54, 1.807) is 18.2 Å². The summed E-state index contributed by atoms with van der Waals surface area (Å²) in [5.41, 5.74) is -0.133. The highest BCUT2D eigenvalue weighted by Crippen LogP contribution is 2.28. The van der Waals surface area contributed by atoms with Crippen LogP contribution in [0.15, 0.2) is 18.2 Å². The van der Waals surface area contributed by atoms with E-state index in [9.17, 15) is 19.5 Å². The van der Waals surface area contributed by atoms with Crippen molar-refractivity contribution in [3.8, 4) is 5.75 Å². The lowest BCUT2D eigenvalue weighted by Crippen LogP contribution is -2.54. The van der Waals surface area contributed by atoms with Crippen molar-refractivity contribution < 1.29 is 24.2 Å². The number of Topliss-reactive ketones (excluding diaryl/α,β-unsaturated/α-hetero) is 1. The van der Waals surface area contributed by atoms with E-state index >= 15 is 0 Å². The summed E-state index contributed by atoms with van der Waals surface area (Å²) in [5.74, 6) is -0.948. The number of aliphatic carboxylic acids is 1. The Morgan fingerprint density at radius 2 is 1.80 bits per heavy atom. The summed E-state index contributed by atoms with van der Waals surface area (Å²) < 4.78 is 5.26. The molecule has 0 heterocycles. The van der Waals surface area contributed by atoms with Crippen LogP contribution in [-0.4, -0.2) is 35.4 Å². The van der Waals surface area contributed by atoms with Crippen molar-refractivity contribution >= 4 is 17.7 Å². The van der Waals surface area contributed by atoms with Crippen LogP contribution in [0.1, 0.15) is 61.4 Å². The van der Waals surface area contributed by atoms with Gasteiger partial charge in [-0.3, -0.25) is 9.59 Å². The minimum Gasteiger partial charge on any atom is -0.496 e. The van der Waals surface area contributed by atoms with Crippen LogP contribution >= 0.6 is 0 Å². The molecule has 0 aromatic heterocycles. The number of carboxylic acid groups (broad SMARTS) is 1. The molecule has 0 aliphatic heterocycles. The second-order valence-corrected chi connectivity index (χ2v) is 6.61. The minimum atomic E-state index is -1.20. The molecule has 6 heteroatoms. The van der Waals surface area contributed by atoms with E-state index in [-0.39, 0.29) is 18.1 Å². The Labute approximate surface area is 147 Å². The topological polar surface area (TPSA) is 92.7 Å². The van der Waals surface area contributed by atoms with Crippen molar-refractivity contribution in [2.75, 3.05) is 7.11 Å². The molecule has 2 rings (SSSR count). The molecule has 0 saturated heterocycles. The highest BCUT2D eigenvalue weighted by molar-refractivity contribution is 5.95. The highest BCUT2D eigenvalue weighted by Gasteiger charge is 2.40. The molecular formula is C19H25NO5. The van der Waals surface area contributed by atoms with Crippen LogP contribution in [0.3, 0.4) is 0 Å². The molecule has 1 amide bonds. The fraction of sp³-hybridized carbons (Fsp3) is 0.526. The number of methoxy groups -OCH3 is 1. The fourth-order valence-electron chi connectivity index (χ4n) is 3.34. The van der Waals surface area contributed by atoms with Crippen molar-refractivity contribution in [2.45, 2.75) is 57.4 Å². The van der Waals surface area contributed by atoms with Gasteiger partial charge in [-0.05, 0) is 38.0 Å². The first-order valence-corrected chi connectivity index (χ1v) is 8.60. The molecule has 136 valence electrons. The maximum absolute atomic E-state index is 12.5. The zero-order chi connectivity index (χ0) is 18.4. The van der Waals surface area contributed by atoms with E-state index in [2.05, 4.69) is 5.32 Å². The van der Waals surface area contributed by atoms with Gasteiger partial charge in [-0.2, -0.15) is 0 Å². The highest BCUT2D eigenvalue weighted by atomic mass is 16.5. The monoisotopic (exact) mass is 347 g/mol. The van der Waals surface area contributed by atoms with Crippen LogP contribution in [-0.2, 0) is 16.0 Å². The van der Waals surface area contributed by atoms with Crippen LogP contribution in [0.4, 0.5) is 0 Å². The van der Waals surface area contributed by atoms with Gasteiger partial charge in [0.25, 0.3) is 0 Å². The maximum atomic E-state index is 12.5. The van der Waals surface area contributed by atoms with E-state index in [1.165, 1.54) is 14.0 Å². The first-order valence-electron chi connectivity index (χ1n) is 8.60. The van der Waals surface area contributed by atoms with Crippen molar-refractivity contribution in [3.05, 3.63) is 29.3 Å². The summed E-state index contributed by atoms with van der Waals surface area (Å²) in [6.45, 7) is 1.45. The number of benzene rings is 1. The van der Waals surface area contributed by atoms with Crippen molar-refractivity contribution in [1.29, 1.82) is 0 Å². The number of nitrogens with one attached hydrogen (secondary N) is 1. The number of carbonyl (C=O) groups is 3. The Morgan fingerprint density at radius 3 is 2.32 bits per heavy atom. The van der Waals surface area contributed by atoms with Gasteiger partial charge in [-0.25, -0.2) is 4.79 Å². The number of carboxylic acids is 1. The molecular weight excluding hydrogens is 322 g/mol. The molecule has 6 nitrogen and oxygen atoms in total. The van der Waals surface area contributed by atoms with E-state index in [0.717, 1.165) is 25.7 Å². The van der Waals surface area contributed by atoms with Crippen LogP contribution in [0, 0.1) is 0 Å². The van der Waals surface area contributed by atoms with Crippen molar-refractivity contribution in [2.24, 2.45) is 0 Å². The molecule has 1 aliphatic rings. The molecule has 1 aromatic rings. The standard InChI is InChI=1S/C19H25NO5/c1-13(21)14-7-8-16(25-2)15(11-14)12-17(22)20-19(18(23)24)9-5-3-4-6-10-19/h7-8,11H,3-6,9-10,12H2,1-2H3,(H,20,22)(H,23,24). The quantitative estimate of drug-likeness (QED) is 0.610. The molecule has 1 aromatic carbocycles. The molecule has 1 aliphatic carbocycles. The Kier molecular flexibility index (Phi) is 6.17. The summed E-state index contributed by atoms with van der Waals surface area (Å²) in [4.78, 5) is 35.9. The van der Waals surface area contributed by atoms with Gasteiger partial charge in [0.1, 0.15) is 11.3 Å². The largest absolute Gasteiger partial charge is 0.496 e. The lowest BCUT2D eigenvalue weighted by molar-refractivity contribution is -0.148. The average molecular weight is 347 g/mol. The SMILES string of the molecule is COc1ccc(C(C)=O)cc1CC(=O)NC1(C(=O)O)CCCCCC1. The minimum absolute atomic E-state index is 0.0284. The number of carbonyl (C=O) groups excluding carboxylic acids is 2. The number of amides is 1. The van der Waals surface area contributed by atoms with Crippen molar-refractivity contribution in [3.63, 3.8) is 0 Å². The maximum Gasteiger partial charge on any atom is 0.329 e. The Bertz CT molecular complexity index is 660. The van der Waals surface area contributed by atoms with E-state index < -0.39 is 11.5 Å². The Hall–Kier alpha value is -2.37. The van der Waals surface area contributed by atoms with Gasteiger partial charge in [0.05, 0.1) is 13.5 Å². The summed E-state index contributed by atoms with van der Waals surface area (Å²) in [6.07, 6.45) is 4.40. The summed E-state index contributed by atoms with van der Waals surface area (Å²) in [5, 5.41) is 12.4. The predicted octanol–water partition coefficient (Wildman–Crippen LogP) is 2.73. The van der Waals surface area contributed by atoms with Gasteiger partial charge in [-0.1, -0.05) is 25.7 Å². The summed E-state index contributed by atoms with van der Waals surface area (Å²) in [6, 6.07) is 4.92. The molecule has 2 N–H and O–H groups in total. The Morgan fingerprint density at radius 1 is 1.16 bits per heavy atom. The smallest absolute Gasteiger partial charge is 0.329 e. The molecule has 1 fully saturated rings. The van der Waals surface area contributed by atoms with E-state index in [0.29, 0.717) is 29.7 Å². The zero-order valence-corrected chi connectivity index (χ0v) is 14.8. The number of hydrogen-bond donors (Lipinski definition) is 2. The first-order chi connectivity index (χ1) is 11.9. The molecule has 0 radical (unpaired) electrons. The van der Waals surface area contributed by atoms with E-state index in [1.807, 2.05) is 0 Å². The number of rotatable bonds is 6. The van der Waals surface area contributed by atoms with Crippen LogP contribution < -0.4 is 10.1 Å². The second kappa shape index (κ2) is 8.14. The van der Waals surface area contributed by atoms with Crippen LogP contribution in [0.2, 0.25) is 0 Å². The molecule has 0 bridgehead atoms. The van der Waals surface area contributed by atoms with Gasteiger partial charge in [-0.15, -0.1) is 0 Å². The van der Waals surface area contributed by atoms with Gasteiger partial charge in [0, 0.05) is 11.1 Å². The fourth-order valence-corrected chi connectivity index (χ4v) is 3.34. The van der Waals surface area contributed by atoms with Crippen LogP contribution in [0.25, 0.3) is 0 Å². The molecule has 0 unspecified atom stereocenters. The van der Waals surface area contributed by atoms with Gasteiger partial charge in [0.15, 0.2) is 5.78 Å². The van der Waals surface area contributed by atoms with Gasteiger partial charge >= 0.3 is 5.97 Å². The number of ether oxygens (including phenoxy) is 1. The molecule has 0 spiro atoms. The lowest BCUT2D eigenvalue weighted by atomic mass is 9.89. The second-order valence-electron chi connectivity index (χ2n) is 6.61. The molecule has 0 atom stereocenters. The lowest BCUT2D eigenvalue weighted by Gasteiger charge is -2.29. The van der Waals surface area contributed by atoms with Gasteiger partial charge in [0.2, 0.25) is 5.91 Å².